The molecule has 0 bridgehead atoms. The maximum absolute atomic E-state index is 11.9. The highest BCUT2D eigenvalue weighted by atomic mass is 32.2. The lowest BCUT2D eigenvalue weighted by Crippen LogP contribution is -2.31. The predicted octanol–water partition coefficient (Wildman–Crippen LogP) is -0.375. The minimum Gasteiger partial charge on any atom is -0.366 e. The Morgan fingerprint density at radius 3 is 2.61 bits per heavy atom. The summed E-state index contributed by atoms with van der Waals surface area (Å²) in [4.78, 5) is 12.9. The average Bonchev–Trinajstić information content (AvgIpc) is 2.28. The summed E-state index contributed by atoms with van der Waals surface area (Å²) in [6.45, 7) is 0.894. The summed E-state index contributed by atoms with van der Waals surface area (Å²) < 4.78 is 26.3. The number of hydrogen-bond acceptors (Lipinski definition) is 4. The van der Waals surface area contributed by atoms with Crippen molar-refractivity contribution in [2.75, 3.05) is 27.2 Å². The molecule has 0 saturated heterocycles. The standard InChI is InChI=1S/C11H17N3O3S/c1-14(2)7-6-13-18(16,17)10-5-3-4-9(8-10)11(12)15/h3-5,8,13H,6-7H2,1-2H3,(H2,12,15). The van der Waals surface area contributed by atoms with Gasteiger partial charge in [-0.1, -0.05) is 6.07 Å². The molecule has 1 aromatic rings. The van der Waals surface area contributed by atoms with Crippen LogP contribution in [0, 0.1) is 0 Å². The van der Waals surface area contributed by atoms with Crippen molar-refractivity contribution in [1.29, 1.82) is 0 Å². The summed E-state index contributed by atoms with van der Waals surface area (Å²) in [7, 11) is 0.102. The summed E-state index contributed by atoms with van der Waals surface area (Å²) in [5.41, 5.74) is 5.28. The van der Waals surface area contributed by atoms with Gasteiger partial charge >= 0.3 is 0 Å². The monoisotopic (exact) mass is 271 g/mol. The number of nitrogens with zero attached hydrogens (tertiary/aromatic N) is 1. The average molecular weight is 271 g/mol. The van der Waals surface area contributed by atoms with Gasteiger partial charge in [-0.15, -0.1) is 0 Å². The van der Waals surface area contributed by atoms with Crippen LogP contribution in [0.3, 0.4) is 0 Å². The van der Waals surface area contributed by atoms with Gasteiger partial charge in [0.25, 0.3) is 0 Å². The molecular weight excluding hydrogens is 254 g/mol. The molecular formula is C11H17N3O3S. The van der Waals surface area contributed by atoms with Crippen molar-refractivity contribution in [2.45, 2.75) is 4.90 Å². The van der Waals surface area contributed by atoms with Crippen molar-refractivity contribution in [1.82, 2.24) is 9.62 Å². The van der Waals surface area contributed by atoms with E-state index >= 15 is 0 Å². The molecule has 1 amide bonds. The Bertz CT molecular complexity index is 526. The van der Waals surface area contributed by atoms with Crippen LogP contribution in [-0.4, -0.2) is 46.4 Å². The zero-order valence-corrected chi connectivity index (χ0v) is 11.2. The van der Waals surface area contributed by atoms with Crippen LogP contribution >= 0.6 is 0 Å². The number of benzene rings is 1. The highest BCUT2D eigenvalue weighted by molar-refractivity contribution is 7.89. The van der Waals surface area contributed by atoms with E-state index in [2.05, 4.69) is 4.72 Å². The molecule has 1 aromatic carbocycles. The number of hydrogen-bond donors (Lipinski definition) is 2. The quantitative estimate of drug-likeness (QED) is 0.738. The fraction of sp³-hybridized carbons (Fsp3) is 0.364. The van der Waals surface area contributed by atoms with Crippen LogP contribution in [0.2, 0.25) is 0 Å². The fourth-order valence-corrected chi connectivity index (χ4v) is 2.37. The molecule has 0 aliphatic carbocycles. The van der Waals surface area contributed by atoms with E-state index in [9.17, 15) is 13.2 Å². The van der Waals surface area contributed by atoms with Crippen LogP contribution in [0.5, 0.6) is 0 Å². The highest BCUT2D eigenvalue weighted by Gasteiger charge is 2.14. The van der Waals surface area contributed by atoms with Crippen molar-refractivity contribution in [3.8, 4) is 0 Å². The van der Waals surface area contributed by atoms with Gasteiger partial charge < -0.3 is 10.6 Å². The molecule has 6 nitrogen and oxygen atoms in total. The molecule has 0 heterocycles. The van der Waals surface area contributed by atoms with Crippen LogP contribution in [0.1, 0.15) is 10.4 Å². The van der Waals surface area contributed by atoms with E-state index in [4.69, 9.17) is 5.73 Å². The second-order valence-corrected chi connectivity index (χ2v) is 5.86. The van der Waals surface area contributed by atoms with Crippen molar-refractivity contribution >= 4 is 15.9 Å². The van der Waals surface area contributed by atoms with E-state index in [-0.39, 0.29) is 10.5 Å². The smallest absolute Gasteiger partial charge is 0.248 e. The molecule has 0 fully saturated rings. The number of nitrogens with two attached hydrogens (primary N) is 1. The summed E-state index contributed by atoms with van der Waals surface area (Å²) in [6.07, 6.45) is 0. The minimum atomic E-state index is -3.60. The zero-order valence-electron chi connectivity index (χ0n) is 10.4. The van der Waals surface area contributed by atoms with Gasteiger partial charge in [0.1, 0.15) is 0 Å². The van der Waals surface area contributed by atoms with Gasteiger partial charge in [0.15, 0.2) is 0 Å². The number of amides is 1. The number of carbonyl (C=O) groups is 1. The third kappa shape index (κ3) is 4.10. The Hall–Kier alpha value is -1.44. The van der Waals surface area contributed by atoms with Gasteiger partial charge in [-0.05, 0) is 32.3 Å². The summed E-state index contributed by atoms with van der Waals surface area (Å²) >= 11 is 0. The first-order valence-electron chi connectivity index (χ1n) is 5.37. The first kappa shape index (κ1) is 14.6. The molecule has 0 aromatic heterocycles. The lowest BCUT2D eigenvalue weighted by Gasteiger charge is -2.11. The Balaban J connectivity index is 2.85. The van der Waals surface area contributed by atoms with Crippen LogP contribution < -0.4 is 10.5 Å². The maximum atomic E-state index is 11.9. The van der Waals surface area contributed by atoms with Crippen molar-refractivity contribution in [3.05, 3.63) is 29.8 Å². The lowest BCUT2D eigenvalue weighted by atomic mass is 10.2. The molecule has 0 unspecified atom stereocenters. The Morgan fingerprint density at radius 1 is 1.39 bits per heavy atom. The Morgan fingerprint density at radius 2 is 2.06 bits per heavy atom. The normalized spacial score (nSPS) is 11.7. The molecule has 0 saturated carbocycles. The summed E-state index contributed by atoms with van der Waals surface area (Å²) in [5, 5.41) is 0. The molecule has 0 spiro atoms. The first-order chi connectivity index (χ1) is 8.33. The van der Waals surface area contributed by atoms with Gasteiger partial charge in [0.2, 0.25) is 15.9 Å². The van der Waals surface area contributed by atoms with Crippen molar-refractivity contribution in [3.63, 3.8) is 0 Å². The topological polar surface area (TPSA) is 92.5 Å². The number of likely N-dealkylation sites (N-methyl/N-ethyl adjacent to an activating group) is 1. The molecule has 7 heteroatoms. The Kier molecular flexibility index (Phi) is 4.83. The second-order valence-electron chi connectivity index (χ2n) is 4.09. The third-order valence-corrected chi connectivity index (χ3v) is 3.74. The molecule has 18 heavy (non-hydrogen) atoms. The van der Waals surface area contributed by atoms with Crippen LogP contribution in [0.15, 0.2) is 29.2 Å². The second kappa shape index (κ2) is 5.94. The van der Waals surface area contributed by atoms with Gasteiger partial charge in [0.05, 0.1) is 4.90 Å². The molecule has 100 valence electrons. The largest absolute Gasteiger partial charge is 0.366 e. The summed E-state index contributed by atoms with van der Waals surface area (Å²) in [5.74, 6) is -0.652. The van der Waals surface area contributed by atoms with E-state index in [1.165, 1.54) is 24.3 Å². The van der Waals surface area contributed by atoms with Crippen molar-refractivity contribution < 1.29 is 13.2 Å². The number of rotatable bonds is 6. The van der Waals surface area contributed by atoms with Gasteiger partial charge in [0, 0.05) is 18.7 Å². The third-order valence-electron chi connectivity index (χ3n) is 2.28. The fourth-order valence-electron chi connectivity index (χ4n) is 1.30. The van der Waals surface area contributed by atoms with Gasteiger partial charge in [-0.25, -0.2) is 13.1 Å². The van der Waals surface area contributed by atoms with Crippen LogP contribution in [0.4, 0.5) is 0 Å². The molecule has 0 aliphatic rings. The number of primary amides is 1. The van der Waals surface area contributed by atoms with E-state index < -0.39 is 15.9 Å². The van der Waals surface area contributed by atoms with E-state index in [1.54, 1.807) is 0 Å². The molecule has 0 aliphatic heterocycles. The number of carbonyl (C=O) groups excluding carboxylic acids is 1. The van der Waals surface area contributed by atoms with E-state index in [0.29, 0.717) is 13.1 Å². The predicted molar refractivity (Wildman–Crippen MR) is 68.7 cm³/mol. The van der Waals surface area contributed by atoms with Crippen LogP contribution in [-0.2, 0) is 10.0 Å². The minimum absolute atomic E-state index is 0.0394. The first-order valence-corrected chi connectivity index (χ1v) is 6.85. The molecule has 0 radical (unpaired) electrons. The van der Waals surface area contributed by atoms with Gasteiger partial charge in [-0.2, -0.15) is 0 Å². The van der Waals surface area contributed by atoms with E-state index in [0.717, 1.165) is 0 Å². The zero-order chi connectivity index (χ0) is 13.8. The SMILES string of the molecule is CN(C)CCNS(=O)(=O)c1cccc(C(N)=O)c1. The number of nitrogens with one attached hydrogen (secondary N) is 1. The van der Waals surface area contributed by atoms with Gasteiger partial charge in [-0.3, -0.25) is 4.79 Å². The molecule has 3 N–H and O–H groups in total. The molecule has 0 atom stereocenters. The van der Waals surface area contributed by atoms with E-state index in [1.807, 2.05) is 19.0 Å². The number of sulfonamides is 1. The molecule has 1 rings (SSSR count). The lowest BCUT2D eigenvalue weighted by molar-refractivity contribution is 0.1000. The Labute approximate surface area is 107 Å². The maximum Gasteiger partial charge on any atom is 0.248 e. The van der Waals surface area contributed by atoms with Crippen LogP contribution in [0.25, 0.3) is 0 Å². The highest BCUT2D eigenvalue weighted by Crippen LogP contribution is 2.10. The summed E-state index contributed by atoms with van der Waals surface area (Å²) in [6, 6.07) is 5.65. The van der Waals surface area contributed by atoms with Crippen molar-refractivity contribution in [2.24, 2.45) is 5.73 Å².